The zero-order valence-corrected chi connectivity index (χ0v) is 12.4. The lowest BCUT2D eigenvalue weighted by molar-refractivity contribution is -0.00862. The fraction of sp³-hybridized carbons (Fsp3) is 0.600. The predicted octanol–water partition coefficient (Wildman–Crippen LogP) is 1.98. The molecule has 0 aliphatic heterocycles. The molecule has 2 N–H and O–H groups in total. The summed E-state index contributed by atoms with van der Waals surface area (Å²) in [7, 11) is 1.81. The molecule has 0 aromatic carbocycles. The molecule has 5 nitrogen and oxygen atoms in total. The van der Waals surface area contributed by atoms with Crippen molar-refractivity contribution in [3.8, 4) is 0 Å². The highest BCUT2D eigenvalue weighted by molar-refractivity contribution is 5.95. The molecule has 0 unspecified atom stereocenters. The number of aryl methyl sites for hydroxylation is 1. The summed E-state index contributed by atoms with van der Waals surface area (Å²) in [5, 5.41) is 6.04. The number of rotatable bonds is 6. The maximum atomic E-state index is 12.2. The number of nitrogens with one attached hydrogen (secondary N) is 2. The minimum absolute atomic E-state index is 0.0291. The standard InChI is InChI=1S/C15H23N3O2/c1-4-11-6-10(7-14(16-3)17-11)15(19)18-12-8-13(9-12)20-5-2/h6-7,12-13H,4-5,8-9H2,1-3H3,(H,16,17)(H,18,19). The zero-order chi connectivity index (χ0) is 14.5. The number of anilines is 1. The number of hydrogen-bond donors (Lipinski definition) is 2. The number of carbonyl (C=O) groups excluding carboxylic acids is 1. The van der Waals surface area contributed by atoms with Gasteiger partial charge in [-0.2, -0.15) is 0 Å². The minimum Gasteiger partial charge on any atom is -0.378 e. The molecule has 1 fully saturated rings. The largest absolute Gasteiger partial charge is 0.378 e. The number of nitrogens with zero attached hydrogens (tertiary/aromatic N) is 1. The first-order valence-electron chi connectivity index (χ1n) is 7.27. The van der Waals surface area contributed by atoms with Crippen molar-refractivity contribution in [2.75, 3.05) is 19.0 Å². The van der Waals surface area contributed by atoms with E-state index < -0.39 is 0 Å². The van der Waals surface area contributed by atoms with Crippen LogP contribution in [0.3, 0.4) is 0 Å². The Bertz CT molecular complexity index is 448. The smallest absolute Gasteiger partial charge is 0.251 e. The van der Waals surface area contributed by atoms with Crippen molar-refractivity contribution in [1.29, 1.82) is 0 Å². The average Bonchev–Trinajstić information content (AvgIpc) is 2.44. The number of aromatic nitrogens is 1. The van der Waals surface area contributed by atoms with Crippen LogP contribution in [-0.2, 0) is 11.2 Å². The van der Waals surface area contributed by atoms with Crippen molar-refractivity contribution in [2.24, 2.45) is 0 Å². The second-order valence-corrected chi connectivity index (χ2v) is 5.06. The van der Waals surface area contributed by atoms with Gasteiger partial charge in [0.25, 0.3) is 5.91 Å². The van der Waals surface area contributed by atoms with Crippen LogP contribution in [0.2, 0.25) is 0 Å². The van der Waals surface area contributed by atoms with Crippen molar-refractivity contribution in [2.45, 2.75) is 45.3 Å². The monoisotopic (exact) mass is 277 g/mol. The summed E-state index contributed by atoms with van der Waals surface area (Å²) in [5.74, 6) is 0.703. The van der Waals surface area contributed by atoms with Crippen LogP contribution < -0.4 is 10.6 Å². The molecule has 1 aliphatic rings. The average molecular weight is 277 g/mol. The van der Waals surface area contributed by atoms with Gasteiger partial charge < -0.3 is 15.4 Å². The number of amides is 1. The molecule has 1 aliphatic carbocycles. The highest BCUT2D eigenvalue weighted by Crippen LogP contribution is 2.23. The van der Waals surface area contributed by atoms with Crippen LogP contribution in [-0.4, -0.2) is 36.7 Å². The van der Waals surface area contributed by atoms with Gasteiger partial charge in [0.2, 0.25) is 0 Å². The molecular formula is C15H23N3O2. The molecule has 2 rings (SSSR count). The van der Waals surface area contributed by atoms with E-state index in [0.29, 0.717) is 11.7 Å². The van der Waals surface area contributed by atoms with E-state index in [2.05, 4.69) is 15.6 Å². The van der Waals surface area contributed by atoms with Gasteiger partial charge in [-0.1, -0.05) is 6.92 Å². The van der Waals surface area contributed by atoms with E-state index in [-0.39, 0.29) is 11.9 Å². The molecule has 1 heterocycles. The van der Waals surface area contributed by atoms with Crippen molar-refractivity contribution >= 4 is 11.7 Å². The maximum absolute atomic E-state index is 12.2. The van der Waals surface area contributed by atoms with E-state index in [4.69, 9.17) is 4.74 Å². The van der Waals surface area contributed by atoms with Gasteiger partial charge in [0, 0.05) is 31.0 Å². The quantitative estimate of drug-likeness (QED) is 0.834. The van der Waals surface area contributed by atoms with E-state index in [9.17, 15) is 4.79 Å². The lowest BCUT2D eigenvalue weighted by Crippen LogP contribution is -2.47. The van der Waals surface area contributed by atoms with Gasteiger partial charge in [0.05, 0.1) is 6.10 Å². The third kappa shape index (κ3) is 3.48. The molecule has 5 heteroatoms. The Labute approximate surface area is 120 Å². The van der Waals surface area contributed by atoms with Crippen molar-refractivity contribution in [1.82, 2.24) is 10.3 Å². The Hall–Kier alpha value is -1.62. The van der Waals surface area contributed by atoms with Crippen LogP contribution in [0.15, 0.2) is 12.1 Å². The predicted molar refractivity (Wildman–Crippen MR) is 79.1 cm³/mol. The van der Waals surface area contributed by atoms with Gasteiger partial charge in [0.15, 0.2) is 0 Å². The molecule has 1 aromatic heterocycles. The topological polar surface area (TPSA) is 63.2 Å². The third-order valence-electron chi connectivity index (χ3n) is 3.59. The Morgan fingerprint density at radius 1 is 1.40 bits per heavy atom. The number of carbonyl (C=O) groups is 1. The third-order valence-corrected chi connectivity index (χ3v) is 3.59. The fourth-order valence-corrected chi connectivity index (χ4v) is 2.35. The lowest BCUT2D eigenvalue weighted by atomic mass is 9.89. The van der Waals surface area contributed by atoms with Crippen LogP contribution in [0.1, 0.15) is 42.7 Å². The molecule has 20 heavy (non-hydrogen) atoms. The Morgan fingerprint density at radius 3 is 2.75 bits per heavy atom. The number of pyridine rings is 1. The summed E-state index contributed by atoms with van der Waals surface area (Å²) in [4.78, 5) is 16.6. The summed E-state index contributed by atoms with van der Waals surface area (Å²) >= 11 is 0. The highest BCUT2D eigenvalue weighted by atomic mass is 16.5. The van der Waals surface area contributed by atoms with Crippen molar-refractivity contribution < 1.29 is 9.53 Å². The van der Waals surface area contributed by atoms with Gasteiger partial charge in [0.1, 0.15) is 5.82 Å². The molecule has 0 bridgehead atoms. The van der Waals surface area contributed by atoms with E-state index in [1.54, 1.807) is 6.07 Å². The highest BCUT2D eigenvalue weighted by Gasteiger charge is 2.30. The van der Waals surface area contributed by atoms with E-state index in [0.717, 1.165) is 37.4 Å². The van der Waals surface area contributed by atoms with Gasteiger partial charge in [-0.3, -0.25) is 4.79 Å². The molecule has 110 valence electrons. The number of hydrogen-bond acceptors (Lipinski definition) is 4. The van der Waals surface area contributed by atoms with Gasteiger partial charge in [-0.25, -0.2) is 4.98 Å². The Morgan fingerprint density at radius 2 is 2.15 bits per heavy atom. The second kappa shape index (κ2) is 6.70. The minimum atomic E-state index is -0.0291. The normalized spacial score (nSPS) is 21.1. The maximum Gasteiger partial charge on any atom is 0.251 e. The number of ether oxygens (including phenoxy) is 1. The molecule has 0 atom stereocenters. The van der Waals surface area contributed by atoms with Gasteiger partial charge in [-0.15, -0.1) is 0 Å². The molecule has 1 aromatic rings. The van der Waals surface area contributed by atoms with Crippen LogP contribution in [0.25, 0.3) is 0 Å². The fourth-order valence-electron chi connectivity index (χ4n) is 2.35. The molecule has 0 radical (unpaired) electrons. The van der Waals surface area contributed by atoms with E-state index >= 15 is 0 Å². The zero-order valence-electron chi connectivity index (χ0n) is 12.4. The van der Waals surface area contributed by atoms with Gasteiger partial charge in [-0.05, 0) is 38.3 Å². The summed E-state index contributed by atoms with van der Waals surface area (Å²) in [5.41, 5.74) is 1.59. The SMILES string of the molecule is CCOC1CC(NC(=O)c2cc(CC)nc(NC)c2)C1. The first kappa shape index (κ1) is 14.8. The first-order chi connectivity index (χ1) is 9.66. The Balaban J connectivity index is 1.96. The molecule has 0 saturated heterocycles. The molecule has 0 spiro atoms. The summed E-state index contributed by atoms with van der Waals surface area (Å²) in [6.45, 7) is 4.76. The van der Waals surface area contributed by atoms with Crippen LogP contribution in [0.5, 0.6) is 0 Å². The van der Waals surface area contributed by atoms with Crippen molar-refractivity contribution in [3.05, 3.63) is 23.4 Å². The lowest BCUT2D eigenvalue weighted by Gasteiger charge is -2.35. The summed E-state index contributed by atoms with van der Waals surface area (Å²) in [6.07, 6.45) is 2.93. The Kier molecular flexibility index (Phi) is 4.95. The van der Waals surface area contributed by atoms with E-state index in [1.807, 2.05) is 27.0 Å². The molecular weight excluding hydrogens is 254 g/mol. The summed E-state index contributed by atoms with van der Waals surface area (Å²) < 4.78 is 5.50. The molecule has 1 amide bonds. The van der Waals surface area contributed by atoms with Gasteiger partial charge >= 0.3 is 0 Å². The van der Waals surface area contributed by atoms with Crippen LogP contribution in [0.4, 0.5) is 5.82 Å². The summed E-state index contributed by atoms with van der Waals surface area (Å²) in [6, 6.07) is 3.87. The first-order valence-corrected chi connectivity index (χ1v) is 7.27. The van der Waals surface area contributed by atoms with Crippen molar-refractivity contribution in [3.63, 3.8) is 0 Å². The van der Waals surface area contributed by atoms with Crippen LogP contribution >= 0.6 is 0 Å². The van der Waals surface area contributed by atoms with E-state index in [1.165, 1.54) is 0 Å². The second-order valence-electron chi connectivity index (χ2n) is 5.06. The molecule has 1 saturated carbocycles. The van der Waals surface area contributed by atoms with Crippen LogP contribution in [0, 0.1) is 0 Å².